The summed E-state index contributed by atoms with van der Waals surface area (Å²) in [6.45, 7) is 3.37. The van der Waals surface area contributed by atoms with Gasteiger partial charge in [-0.15, -0.1) is 0 Å². The van der Waals surface area contributed by atoms with Gasteiger partial charge < -0.3 is 10.6 Å². The summed E-state index contributed by atoms with van der Waals surface area (Å²) in [5.41, 5.74) is 8.51. The number of carbonyl (C=O) groups is 2. The second-order valence-corrected chi connectivity index (χ2v) is 12.3. The van der Waals surface area contributed by atoms with E-state index in [0.29, 0.717) is 34.1 Å². The molecule has 0 unspecified atom stereocenters. The number of para-hydroxylation sites is 2. The van der Waals surface area contributed by atoms with Gasteiger partial charge in [-0.2, -0.15) is 20.7 Å². The first-order valence-electron chi connectivity index (χ1n) is 17.0. The second-order valence-electron chi connectivity index (χ2n) is 12.3. The number of nitriles is 2. The minimum Gasteiger partial charge on any atom is -0.314 e. The summed E-state index contributed by atoms with van der Waals surface area (Å²) >= 11 is 0. The Kier molecular flexibility index (Phi) is 10.8. The van der Waals surface area contributed by atoms with Gasteiger partial charge in [-0.05, 0) is 73.5 Å². The fourth-order valence-corrected chi connectivity index (χ4v) is 5.74. The van der Waals surface area contributed by atoms with E-state index in [4.69, 9.17) is 0 Å². The number of hydrogen-bond acceptors (Lipinski definition) is 10. The third-order valence-electron chi connectivity index (χ3n) is 8.92. The molecule has 0 aliphatic heterocycles. The van der Waals surface area contributed by atoms with E-state index in [9.17, 15) is 29.7 Å². The standard InChI is InChI=1S/C40H34N12O4/c1-25-35(39(55)51(49(25)3)31-11-7-5-8-12-31)43-37(53)33(23-41)47-45-29-19-15-27(16-20-29)28-17-21-30(22-18-28)46-48-34(24-42)38(54)44-36-26(2)50(4)52(40(36)56)32-13-9-6-10-14-32/h5-22,45-46H,1-4H3,(H,43,53)(H,44,54)/b47-33+,48-34+. The molecule has 0 saturated carbocycles. The Labute approximate surface area is 319 Å². The van der Waals surface area contributed by atoms with Gasteiger partial charge in [-0.25, -0.2) is 9.36 Å². The summed E-state index contributed by atoms with van der Waals surface area (Å²) in [5, 5.41) is 32.3. The van der Waals surface area contributed by atoms with Gasteiger partial charge in [0.05, 0.1) is 34.1 Å². The largest absolute Gasteiger partial charge is 0.314 e. The Balaban J connectivity index is 1.07. The maximum Gasteiger partial charge on any atom is 0.295 e. The summed E-state index contributed by atoms with van der Waals surface area (Å²) in [7, 11) is 3.39. The summed E-state index contributed by atoms with van der Waals surface area (Å²) in [6, 6.07) is 35.5. The predicted octanol–water partition coefficient (Wildman–Crippen LogP) is 4.81. The molecule has 0 fully saturated rings. The molecule has 2 aromatic heterocycles. The van der Waals surface area contributed by atoms with Crippen molar-refractivity contribution in [2.75, 3.05) is 21.5 Å². The van der Waals surface area contributed by atoms with Crippen molar-refractivity contribution in [1.29, 1.82) is 10.5 Å². The van der Waals surface area contributed by atoms with Crippen LogP contribution in [0, 0.1) is 36.5 Å². The van der Waals surface area contributed by atoms with E-state index in [2.05, 4.69) is 31.7 Å². The van der Waals surface area contributed by atoms with Crippen LogP contribution in [0.1, 0.15) is 11.4 Å². The molecule has 6 rings (SSSR count). The number of amides is 2. The molecule has 56 heavy (non-hydrogen) atoms. The molecule has 6 aromatic rings. The van der Waals surface area contributed by atoms with Crippen molar-refractivity contribution in [3.63, 3.8) is 0 Å². The number of carbonyl (C=O) groups excluding carboxylic acids is 2. The van der Waals surface area contributed by atoms with Crippen LogP contribution in [0.15, 0.2) is 129 Å². The van der Waals surface area contributed by atoms with Crippen LogP contribution in [0.4, 0.5) is 22.7 Å². The number of rotatable bonds is 11. The minimum atomic E-state index is -0.845. The van der Waals surface area contributed by atoms with E-state index in [1.54, 1.807) is 147 Å². The molecule has 0 saturated heterocycles. The van der Waals surface area contributed by atoms with Gasteiger partial charge in [0.15, 0.2) is 0 Å². The number of anilines is 4. The third kappa shape index (κ3) is 7.61. The molecule has 278 valence electrons. The van der Waals surface area contributed by atoms with Crippen LogP contribution in [-0.4, -0.2) is 42.0 Å². The van der Waals surface area contributed by atoms with Gasteiger partial charge >= 0.3 is 0 Å². The lowest BCUT2D eigenvalue weighted by Gasteiger charge is -2.07. The van der Waals surface area contributed by atoms with Crippen molar-refractivity contribution in [3.8, 4) is 34.6 Å². The molecular weight excluding hydrogens is 713 g/mol. The predicted molar refractivity (Wildman–Crippen MR) is 214 cm³/mol. The quantitative estimate of drug-likeness (QED) is 0.107. The summed E-state index contributed by atoms with van der Waals surface area (Å²) in [4.78, 5) is 52.2. The van der Waals surface area contributed by atoms with E-state index < -0.39 is 34.4 Å². The van der Waals surface area contributed by atoms with Crippen molar-refractivity contribution in [2.45, 2.75) is 13.8 Å². The molecule has 4 N–H and O–H groups in total. The lowest BCUT2D eigenvalue weighted by molar-refractivity contribution is -0.111. The maximum absolute atomic E-state index is 13.2. The molecule has 16 heteroatoms. The Morgan fingerprint density at radius 1 is 0.554 bits per heavy atom. The molecule has 0 aliphatic rings. The van der Waals surface area contributed by atoms with Crippen molar-refractivity contribution >= 4 is 46.0 Å². The molecule has 0 atom stereocenters. The van der Waals surface area contributed by atoms with Crippen LogP contribution in [0.25, 0.3) is 22.5 Å². The van der Waals surface area contributed by atoms with Gasteiger partial charge in [0.25, 0.3) is 22.9 Å². The number of hydrogen-bond donors (Lipinski definition) is 4. The smallest absolute Gasteiger partial charge is 0.295 e. The summed E-state index contributed by atoms with van der Waals surface area (Å²) < 4.78 is 6.05. The highest BCUT2D eigenvalue weighted by Gasteiger charge is 2.22. The minimum absolute atomic E-state index is 0.0341. The van der Waals surface area contributed by atoms with Crippen LogP contribution in [0.5, 0.6) is 0 Å². The average Bonchev–Trinajstić information content (AvgIpc) is 3.56. The zero-order valence-corrected chi connectivity index (χ0v) is 30.6. The van der Waals surface area contributed by atoms with Gasteiger partial charge in [0.2, 0.25) is 11.4 Å². The average molecular weight is 747 g/mol. The first-order valence-corrected chi connectivity index (χ1v) is 17.0. The molecule has 0 bridgehead atoms. The van der Waals surface area contributed by atoms with E-state index in [0.717, 1.165) is 11.1 Å². The Bertz CT molecular complexity index is 2520. The SMILES string of the molecule is Cc1c(NC(=O)/C(C#N)=N/Nc2ccc(-c3ccc(N/N=C(\C#N)C(=O)Nc4c(C)n(C)n(-c5ccccc5)c4=O)cc3)cc2)c(=O)n(-c2ccccc2)n1C. The fourth-order valence-electron chi connectivity index (χ4n) is 5.74. The highest BCUT2D eigenvalue weighted by molar-refractivity contribution is 6.49. The second kappa shape index (κ2) is 16.2. The van der Waals surface area contributed by atoms with Crippen molar-refractivity contribution in [1.82, 2.24) is 18.7 Å². The van der Waals surface area contributed by atoms with Crippen LogP contribution < -0.4 is 32.6 Å². The molecule has 0 spiro atoms. The van der Waals surface area contributed by atoms with Crippen molar-refractivity contribution in [2.24, 2.45) is 24.3 Å². The molecule has 4 aromatic carbocycles. The van der Waals surface area contributed by atoms with Crippen LogP contribution >= 0.6 is 0 Å². The monoisotopic (exact) mass is 746 g/mol. The summed E-state index contributed by atoms with van der Waals surface area (Å²) in [6.07, 6.45) is 0. The molecule has 16 nitrogen and oxygen atoms in total. The van der Waals surface area contributed by atoms with Gasteiger partial charge in [0, 0.05) is 14.1 Å². The maximum atomic E-state index is 13.2. The lowest BCUT2D eigenvalue weighted by atomic mass is 10.1. The Morgan fingerprint density at radius 3 is 1.21 bits per heavy atom. The topological polar surface area (TPSA) is 208 Å². The number of nitrogens with zero attached hydrogens (tertiary/aromatic N) is 8. The molecule has 2 heterocycles. The van der Waals surface area contributed by atoms with Crippen LogP contribution in [0.2, 0.25) is 0 Å². The fraction of sp³-hybridized carbons (Fsp3) is 0.100. The summed E-state index contributed by atoms with van der Waals surface area (Å²) in [5.74, 6) is -1.69. The first kappa shape index (κ1) is 37.5. The Morgan fingerprint density at radius 2 is 0.893 bits per heavy atom. The van der Waals surface area contributed by atoms with Crippen LogP contribution in [0.3, 0.4) is 0 Å². The van der Waals surface area contributed by atoms with Crippen LogP contribution in [-0.2, 0) is 23.7 Å². The van der Waals surface area contributed by atoms with E-state index in [1.165, 1.54) is 9.36 Å². The highest BCUT2D eigenvalue weighted by Crippen LogP contribution is 2.24. The number of aromatic nitrogens is 4. The van der Waals surface area contributed by atoms with Crippen molar-refractivity contribution < 1.29 is 9.59 Å². The number of hydrazone groups is 2. The lowest BCUT2D eigenvalue weighted by Crippen LogP contribution is -2.27. The van der Waals surface area contributed by atoms with Gasteiger partial charge in [-0.3, -0.25) is 39.4 Å². The Hall–Kier alpha value is -8.24. The molecule has 0 radical (unpaired) electrons. The third-order valence-corrected chi connectivity index (χ3v) is 8.92. The van der Waals surface area contributed by atoms with Gasteiger partial charge in [0.1, 0.15) is 23.5 Å². The van der Waals surface area contributed by atoms with E-state index >= 15 is 0 Å². The highest BCUT2D eigenvalue weighted by atomic mass is 16.2. The van der Waals surface area contributed by atoms with Crippen molar-refractivity contribution in [3.05, 3.63) is 141 Å². The zero-order chi connectivity index (χ0) is 39.9. The number of nitrogens with one attached hydrogen (secondary N) is 4. The number of benzene rings is 4. The zero-order valence-electron chi connectivity index (χ0n) is 30.6. The molecular formula is C40H34N12O4. The molecule has 2 amide bonds. The first-order chi connectivity index (χ1) is 27.0. The normalized spacial score (nSPS) is 11.3. The molecule has 0 aliphatic carbocycles. The van der Waals surface area contributed by atoms with E-state index in [1.807, 2.05) is 12.1 Å². The van der Waals surface area contributed by atoms with Gasteiger partial charge in [-0.1, -0.05) is 60.7 Å². The van der Waals surface area contributed by atoms with E-state index in [-0.39, 0.29) is 11.4 Å².